The van der Waals surface area contributed by atoms with Crippen molar-refractivity contribution in [2.45, 2.75) is 39.8 Å². The highest BCUT2D eigenvalue weighted by atomic mass is 32.2. The molecule has 0 spiro atoms. The van der Waals surface area contributed by atoms with Crippen LogP contribution in [0.25, 0.3) is 0 Å². The van der Waals surface area contributed by atoms with E-state index in [0.29, 0.717) is 11.8 Å². The minimum Gasteiger partial charge on any atom is -0.228 e. The minimum absolute atomic E-state index is 0.619. The number of hydrogen-bond acceptors (Lipinski definition) is 4. The Morgan fingerprint density at radius 1 is 1.12 bits per heavy atom. The molecule has 0 aliphatic rings. The fourth-order valence-corrected chi connectivity index (χ4v) is 3.44. The fourth-order valence-electron chi connectivity index (χ4n) is 1.44. The lowest BCUT2D eigenvalue weighted by Gasteiger charge is -2.17. The van der Waals surface area contributed by atoms with Gasteiger partial charge < -0.3 is 0 Å². The van der Waals surface area contributed by atoms with Gasteiger partial charge >= 0.3 is 0 Å². The molecule has 0 amide bonds. The molecule has 0 aliphatic carbocycles. The van der Waals surface area contributed by atoms with Crippen molar-refractivity contribution in [2.24, 2.45) is 11.8 Å². The quantitative estimate of drug-likeness (QED) is 0.502. The molecule has 1 heterocycles. The Labute approximate surface area is 114 Å². The van der Waals surface area contributed by atoms with E-state index in [-0.39, 0.29) is 0 Å². The zero-order valence-corrected chi connectivity index (χ0v) is 13.0. The summed E-state index contributed by atoms with van der Waals surface area (Å²) in [5, 5.41) is 0.901. The Morgan fingerprint density at radius 2 is 1.65 bits per heavy atom. The van der Waals surface area contributed by atoms with E-state index in [1.807, 2.05) is 13.8 Å². The summed E-state index contributed by atoms with van der Waals surface area (Å²) >= 11 is 6.15. The average molecular weight is 270 g/mol. The molecule has 1 aromatic rings. The maximum absolute atomic E-state index is 4.53. The topological polar surface area (TPSA) is 25.8 Å². The maximum Gasteiger partial charge on any atom is 0.188 e. The molecule has 0 radical (unpaired) electrons. The third kappa shape index (κ3) is 4.18. The van der Waals surface area contributed by atoms with Gasteiger partial charge in [0, 0.05) is 17.1 Å². The van der Waals surface area contributed by atoms with Crippen LogP contribution in [0.4, 0.5) is 0 Å². The Morgan fingerprint density at radius 3 is 2.06 bits per heavy atom. The molecule has 0 N–H and O–H groups in total. The molecule has 1 unspecified atom stereocenters. The second-order valence-electron chi connectivity index (χ2n) is 4.80. The van der Waals surface area contributed by atoms with Crippen LogP contribution >= 0.6 is 24.4 Å². The SMILES string of the molecule is Cc1nc(SCC(CS)C(C)C)nc(C)c1C. The smallest absolute Gasteiger partial charge is 0.188 e. The van der Waals surface area contributed by atoms with Gasteiger partial charge in [0.2, 0.25) is 0 Å². The van der Waals surface area contributed by atoms with Gasteiger partial charge in [-0.15, -0.1) is 0 Å². The Kier molecular flexibility index (Phi) is 5.80. The van der Waals surface area contributed by atoms with Crippen molar-refractivity contribution in [3.8, 4) is 0 Å². The van der Waals surface area contributed by atoms with Crippen LogP contribution in [0.2, 0.25) is 0 Å². The van der Waals surface area contributed by atoms with E-state index in [0.717, 1.165) is 28.0 Å². The zero-order chi connectivity index (χ0) is 13.0. The zero-order valence-electron chi connectivity index (χ0n) is 11.3. The fraction of sp³-hybridized carbons (Fsp3) is 0.692. The molecule has 1 aromatic heterocycles. The van der Waals surface area contributed by atoms with Crippen LogP contribution in [0.3, 0.4) is 0 Å². The van der Waals surface area contributed by atoms with Gasteiger partial charge in [0.1, 0.15) is 0 Å². The number of nitrogens with zero attached hydrogens (tertiary/aromatic N) is 2. The van der Waals surface area contributed by atoms with Gasteiger partial charge in [-0.3, -0.25) is 0 Å². The average Bonchev–Trinajstić information content (AvgIpc) is 2.26. The van der Waals surface area contributed by atoms with E-state index in [9.17, 15) is 0 Å². The molecule has 1 atom stereocenters. The number of thiol groups is 1. The standard InChI is InChI=1S/C13H22N2S2/c1-8(2)12(6-16)7-17-13-14-10(4)9(3)11(5)15-13/h8,12,16H,6-7H2,1-5H3. The van der Waals surface area contributed by atoms with Crippen molar-refractivity contribution in [1.82, 2.24) is 9.97 Å². The molecule has 0 fully saturated rings. The summed E-state index contributed by atoms with van der Waals surface area (Å²) in [6.45, 7) is 10.7. The first-order valence-electron chi connectivity index (χ1n) is 6.01. The van der Waals surface area contributed by atoms with E-state index >= 15 is 0 Å². The van der Waals surface area contributed by atoms with E-state index in [4.69, 9.17) is 0 Å². The molecule has 4 heteroatoms. The first kappa shape index (κ1) is 14.8. The lowest BCUT2D eigenvalue weighted by molar-refractivity contribution is 0.473. The molecule has 2 nitrogen and oxygen atoms in total. The third-order valence-electron chi connectivity index (χ3n) is 3.22. The Balaban J connectivity index is 2.69. The van der Waals surface area contributed by atoms with Gasteiger partial charge in [-0.25, -0.2) is 9.97 Å². The molecular weight excluding hydrogens is 248 g/mol. The second kappa shape index (κ2) is 6.64. The van der Waals surface area contributed by atoms with Gasteiger partial charge in [0.05, 0.1) is 0 Å². The highest BCUT2D eigenvalue weighted by molar-refractivity contribution is 7.99. The molecule has 0 saturated carbocycles. The summed E-state index contributed by atoms with van der Waals surface area (Å²) in [6, 6.07) is 0. The summed E-state index contributed by atoms with van der Waals surface area (Å²) in [4.78, 5) is 9.05. The molecule has 96 valence electrons. The van der Waals surface area contributed by atoms with Crippen LogP contribution in [-0.4, -0.2) is 21.5 Å². The van der Waals surface area contributed by atoms with Crippen LogP contribution in [-0.2, 0) is 0 Å². The normalized spacial score (nSPS) is 13.1. The van der Waals surface area contributed by atoms with Crippen LogP contribution < -0.4 is 0 Å². The molecule has 0 aliphatic heterocycles. The number of hydrogen-bond donors (Lipinski definition) is 1. The molecule has 17 heavy (non-hydrogen) atoms. The van der Waals surface area contributed by atoms with Gasteiger partial charge in [-0.1, -0.05) is 25.6 Å². The lowest BCUT2D eigenvalue weighted by atomic mass is 10.0. The van der Waals surface area contributed by atoms with Crippen LogP contribution in [0.5, 0.6) is 0 Å². The Hall–Kier alpha value is -0.220. The molecular formula is C13H22N2S2. The Bertz CT molecular complexity index is 355. The molecule has 0 saturated heterocycles. The van der Waals surface area contributed by atoms with Gasteiger partial charge in [-0.2, -0.15) is 12.6 Å². The van der Waals surface area contributed by atoms with Gasteiger partial charge in [0.15, 0.2) is 5.16 Å². The molecule has 0 aromatic carbocycles. The summed E-state index contributed by atoms with van der Waals surface area (Å²) in [7, 11) is 0. The number of aromatic nitrogens is 2. The van der Waals surface area contributed by atoms with Crippen molar-refractivity contribution in [3.05, 3.63) is 17.0 Å². The first-order valence-corrected chi connectivity index (χ1v) is 7.63. The number of aryl methyl sites for hydroxylation is 2. The lowest BCUT2D eigenvalue weighted by Crippen LogP contribution is -2.13. The first-order chi connectivity index (χ1) is 7.95. The van der Waals surface area contributed by atoms with Crippen LogP contribution in [0, 0.1) is 32.6 Å². The van der Waals surface area contributed by atoms with E-state index < -0.39 is 0 Å². The van der Waals surface area contributed by atoms with Crippen molar-refractivity contribution in [3.63, 3.8) is 0 Å². The van der Waals surface area contributed by atoms with Gasteiger partial charge in [-0.05, 0) is 43.9 Å². The predicted molar refractivity (Wildman–Crippen MR) is 79.1 cm³/mol. The third-order valence-corrected chi connectivity index (χ3v) is 4.72. The monoisotopic (exact) mass is 270 g/mol. The van der Waals surface area contributed by atoms with E-state index in [1.54, 1.807) is 11.8 Å². The molecule has 0 bridgehead atoms. The summed E-state index contributed by atoms with van der Waals surface area (Å²) in [5.41, 5.74) is 3.38. The van der Waals surface area contributed by atoms with Crippen molar-refractivity contribution in [1.29, 1.82) is 0 Å². The van der Waals surface area contributed by atoms with Gasteiger partial charge in [0.25, 0.3) is 0 Å². The van der Waals surface area contributed by atoms with Crippen LogP contribution in [0.1, 0.15) is 30.8 Å². The number of rotatable bonds is 5. The summed E-state index contributed by atoms with van der Waals surface area (Å²) < 4.78 is 0. The predicted octanol–water partition coefficient (Wildman–Crippen LogP) is 3.70. The van der Waals surface area contributed by atoms with Crippen LogP contribution in [0.15, 0.2) is 5.16 Å². The summed E-state index contributed by atoms with van der Waals surface area (Å²) in [5.74, 6) is 3.25. The second-order valence-corrected chi connectivity index (χ2v) is 6.15. The van der Waals surface area contributed by atoms with Crippen molar-refractivity contribution < 1.29 is 0 Å². The summed E-state index contributed by atoms with van der Waals surface area (Å²) in [6.07, 6.45) is 0. The number of thioether (sulfide) groups is 1. The van der Waals surface area contributed by atoms with E-state index in [1.165, 1.54) is 5.56 Å². The molecule has 1 rings (SSSR count). The van der Waals surface area contributed by atoms with Crippen molar-refractivity contribution >= 4 is 24.4 Å². The highest BCUT2D eigenvalue weighted by Gasteiger charge is 2.13. The highest BCUT2D eigenvalue weighted by Crippen LogP contribution is 2.23. The van der Waals surface area contributed by atoms with E-state index in [2.05, 4.69) is 43.4 Å². The maximum atomic E-state index is 4.53. The minimum atomic E-state index is 0.619. The largest absolute Gasteiger partial charge is 0.228 e. The van der Waals surface area contributed by atoms with Crippen molar-refractivity contribution in [2.75, 3.05) is 11.5 Å².